The largest absolute Gasteiger partial charge is 0.302 e. The summed E-state index contributed by atoms with van der Waals surface area (Å²) >= 11 is 1.57. The fourth-order valence-corrected chi connectivity index (χ4v) is 4.04. The quantitative estimate of drug-likeness (QED) is 0.595. The van der Waals surface area contributed by atoms with Crippen LogP contribution in [0.25, 0.3) is 10.2 Å². The molecule has 0 N–H and O–H groups in total. The number of nitrogens with zero attached hydrogens (tertiary/aromatic N) is 6. The number of carbonyl (C=O) groups is 1. The highest BCUT2D eigenvalue weighted by Gasteiger charge is 2.21. The molecule has 0 radical (unpaired) electrons. The van der Waals surface area contributed by atoms with Gasteiger partial charge in [0.25, 0.3) is 5.91 Å². The zero-order chi connectivity index (χ0) is 19.4. The summed E-state index contributed by atoms with van der Waals surface area (Å²) < 4.78 is 2.66. The van der Waals surface area contributed by atoms with E-state index in [-0.39, 0.29) is 12.5 Å². The van der Waals surface area contributed by atoms with Crippen LogP contribution in [0.4, 0.5) is 5.13 Å². The van der Waals surface area contributed by atoms with E-state index in [9.17, 15) is 4.79 Å². The standard InChI is InChI=1S/C19H26N6OS/c1-5-23(6-2)9-10-25(17(26)11-24-13-20-12-21-24)19-22-18-15(4)14(3)7-8-16(18)27-19/h7-8,12-13H,5-6,9-11H2,1-4H3. The summed E-state index contributed by atoms with van der Waals surface area (Å²) in [5.41, 5.74) is 3.36. The Bertz CT molecular complexity index is 900. The second-order valence-corrected chi connectivity index (χ2v) is 7.53. The molecule has 144 valence electrons. The second-order valence-electron chi connectivity index (χ2n) is 6.52. The van der Waals surface area contributed by atoms with Gasteiger partial charge in [0.15, 0.2) is 5.13 Å². The summed E-state index contributed by atoms with van der Waals surface area (Å²) in [5.74, 6) is -0.0268. The molecule has 3 rings (SSSR count). The summed E-state index contributed by atoms with van der Waals surface area (Å²) in [7, 11) is 0. The van der Waals surface area contributed by atoms with Crippen molar-refractivity contribution < 1.29 is 4.79 Å². The van der Waals surface area contributed by atoms with Crippen molar-refractivity contribution in [1.82, 2.24) is 24.6 Å². The van der Waals surface area contributed by atoms with Gasteiger partial charge in [0, 0.05) is 13.1 Å². The number of hydrogen-bond donors (Lipinski definition) is 0. The highest BCUT2D eigenvalue weighted by atomic mass is 32.1. The van der Waals surface area contributed by atoms with E-state index in [4.69, 9.17) is 4.98 Å². The van der Waals surface area contributed by atoms with Gasteiger partial charge in [0.2, 0.25) is 0 Å². The Hall–Kier alpha value is -2.32. The van der Waals surface area contributed by atoms with Gasteiger partial charge in [-0.05, 0) is 44.1 Å². The van der Waals surface area contributed by atoms with Crippen molar-refractivity contribution in [2.24, 2.45) is 0 Å². The molecule has 8 heteroatoms. The number of fused-ring (bicyclic) bond motifs is 1. The van der Waals surface area contributed by atoms with Gasteiger partial charge < -0.3 is 4.90 Å². The van der Waals surface area contributed by atoms with Crippen molar-refractivity contribution in [3.05, 3.63) is 35.9 Å². The maximum atomic E-state index is 13.0. The van der Waals surface area contributed by atoms with Gasteiger partial charge in [0.1, 0.15) is 19.2 Å². The summed E-state index contributed by atoms with van der Waals surface area (Å²) in [6.07, 6.45) is 3.00. The van der Waals surface area contributed by atoms with E-state index in [1.165, 1.54) is 17.5 Å². The van der Waals surface area contributed by atoms with E-state index in [1.54, 1.807) is 27.2 Å². The smallest absolute Gasteiger partial charge is 0.250 e. The van der Waals surface area contributed by atoms with E-state index < -0.39 is 0 Å². The Balaban J connectivity index is 1.90. The topological polar surface area (TPSA) is 67.2 Å². The lowest BCUT2D eigenvalue weighted by atomic mass is 10.1. The van der Waals surface area contributed by atoms with Crippen molar-refractivity contribution in [3.8, 4) is 0 Å². The first-order valence-corrected chi connectivity index (χ1v) is 10.1. The summed E-state index contributed by atoms with van der Waals surface area (Å²) in [6, 6.07) is 4.19. The monoisotopic (exact) mass is 386 g/mol. The molecule has 0 unspecified atom stereocenters. The Kier molecular flexibility index (Phi) is 6.18. The number of likely N-dealkylation sites (N-methyl/N-ethyl adjacent to an activating group) is 1. The SMILES string of the molecule is CCN(CC)CCN(C(=O)Cn1cncn1)c1nc2c(C)c(C)ccc2s1. The normalized spacial score (nSPS) is 11.4. The first-order valence-electron chi connectivity index (χ1n) is 9.25. The van der Waals surface area contributed by atoms with Crippen LogP contribution in [0.1, 0.15) is 25.0 Å². The number of rotatable bonds is 8. The molecular formula is C19H26N6OS. The third-order valence-electron chi connectivity index (χ3n) is 4.90. The van der Waals surface area contributed by atoms with E-state index in [0.717, 1.165) is 35.0 Å². The lowest BCUT2D eigenvalue weighted by molar-refractivity contribution is -0.119. The van der Waals surface area contributed by atoms with Gasteiger partial charge in [-0.25, -0.2) is 14.6 Å². The molecule has 3 aromatic rings. The number of benzene rings is 1. The van der Waals surface area contributed by atoms with Gasteiger partial charge in [-0.1, -0.05) is 31.3 Å². The van der Waals surface area contributed by atoms with Crippen LogP contribution in [0.3, 0.4) is 0 Å². The molecule has 0 atom stereocenters. The number of amides is 1. The molecule has 0 aliphatic heterocycles. The molecule has 7 nitrogen and oxygen atoms in total. The predicted molar refractivity (Wildman–Crippen MR) is 109 cm³/mol. The number of thiazole rings is 1. The Morgan fingerprint density at radius 3 is 2.63 bits per heavy atom. The molecule has 0 aliphatic carbocycles. The lowest BCUT2D eigenvalue weighted by Crippen LogP contribution is -2.40. The summed E-state index contributed by atoms with van der Waals surface area (Å²) in [6.45, 7) is 11.9. The van der Waals surface area contributed by atoms with Crippen molar-refractivity contribution in [1.29, 1.82) is 0 Å². The van der Waals surface area contributed by atoms with Crippen molar-refractivity contribution in [2.45, 2.75) is 34.2 Å². The lowest BCUT2D eigenvalue weighted by Gasteiger charge is -2.24. The minimum absolute atomic E-state index is 0.0268. The van der Waals surface area contributed by atoms with E-state index in [2.05, 4.69) is 54.8 Å². The predicted octanol–water partition coefficient (Wildman–Crippen LogP) is 2.88. The molecule has 0 aliphatic rings. The zero-order valence-electron chi connectivity index (χ0n) is 16.3. The number of aryl methyl sites for hydroxylation is 2. The third kappa shape index (κ3) is 4.33. The molecule has 0 saturated heterocycles. The molecule has 1 amide bonds. The van der Waals surface area contributed by atoms with Gasteiger partial charge in [0.05, 0.1) is 10.2 Å². The fraction of sp³-hybridized carbons (Fsp3) is 0.474. The second kappa shape index (κ2) is 8.58. The molecule has 2 aromatic heterocycles. The van der Waals surface area contributed by atoms with Gasteiger partial charge in [-0.15, -0.1) is 0 Å². The van der Waals surface area contributed by atoms with Crippen LogP contribution in [0.2, 0.25) is 0 Å². The van der Waals surface area contributed by atoms with E-state index in [1.807, 2.05) is 0 Å². The zero-order valence-corrected chi connectivity index (χ0v) is 17.2. The van der Waals surface area contributed by atoms with Crippen LogP contribution in [0.15, 0.2) is 24.8 Å². The van der Waals surface area contributed by atoms with Crippen LogP contribution in [0.5, 0.6) is 0 Å². The summed E-state index contributed by atoms with van der Waals surface area (Å²) in [4.78, 5) is 25.8. The van der Waals surface area contributed by atoms with Gasteiger partial charge in [-0.2, -0.15) is 5.10 Å². The minimum atomic E-state index is -0.0268. The van der Waals surface area contributed by atoms with Gasteiger partial charge >= 0.3 is 0 Å². The van der Waals surface area contributed by atoms with E-state index in [0.29, 0.717) is 6.54 Å². The average molecular weight is 387 g/mol. The average Bonchev–Trinajstić information content (AvgIpc) is 3.32. The van der Waals surface area contributed by atoms with Gasteiger partial charge in [-0.3, -0.25) is 9.69 Å². The number of carbonyl (C=O) groups excluding carboxylic acids is 1. The molecule has 0 saturated carbocycles. The third-order valence-corrected chi connectivity index (χ3v) is 5.95. The van der Waals surface area contributed by atoms with Crippen LogP contribution in [-0.2, 0) is 11.3 Å². The maximum Gasteiger partial charge on any atom is 0.250 e. The Morgan fingerprint density at radius 1 is 1.19 bits per heavy atom. The number of aromatic nitrogens is 4. The molecule has 0 spiro atoms. The van der Waals surface area contributed by atoms with Crippen molar-refractivity contribution >= 4 is 32.6 Å². The van der Waals surface area contributed by atoms with Crippen molar-refractivity contribution in [2.75, 3.05) is 31.1 Å². The fourth-order valence-electron chi connectivity index (χ4n) is 2.98. The highest BCUT2D eigenvalue weighted by molar-refractivity contribution is 7.22. The molecule has 0 fully saturated rings. The van der Waals surface area contributed by atoms with Crippen LogP contribution in [-0.4, -0.2) is 56.7 Å². The van der Waals surface area contributed by atoms with Crippen LogP contribution >= 0.6 is 11.3 Å². The highest BCUT2D eigenvalue weighted by Crippen LogP contribution is 2.32. The minimum Gasteiger partial charge on any atom is -0.302 e. The summed E-state index contributed by atoms with van der Waals surface area (Å²) in [5, 5.41) is 4.81. The maximum absolute atomic E-state index is 13.0. The van der Waals surface area contributed by atoms with Crippen molar-refractivity contribution in [3.63, 3.8) is 0 Å². The molecule has 27 heavy (non-hydrogen) atoms. The first kappa shape index (κ1) is 19.4. The van der Waals surface area contributed by atoms with E-state index >= 15 is 0 Å². The Labute approximate surface area is 163 Å². The Morgan fingerprint density at radius 2 is 1.96 bits per heavy atom. The number of hydrogen-bond acceptors (Lipinski definition) is 6. The molecular weight excluding hydrogens is 360 g/mol. The molecule has 1 aromatic carbocycles. The number of anilines is 1. The van der Waals surface area contributed by atoms with Crippen LogP contribution < -0.4 is 4.90 Å². The first-order chi connectivity index (χ1) is 13.0. The molecule has 2 heterocycles. The molecule has 0 bridgehead atoms. The van der Waals surface area contributed by atoms with Crippen LogP contribution in [0, 0.1) is 13.8 Å².